The molecule has 0 atom stereocenters. The Kier molecular flexibility index (Phi) is 5.09. The second-order valence-corrected chi connectivity index (χ2v) is 5.91. The van der Waals surface area contributed by atoms with Gasteiger partial charge in [0.05, 0.1) is 17.9 Å². The molecule has 3 N–H and O–H groups in total. The smallest absolute Gasteiger partial charge is 0.404 e. The van der Waals surface area contributed by atoms with Crippen molar-refractivity contribution in [3.63, 3.8) is 0 Å². The number of halogens is 3. The molecule has 124 valence electrons. The normalized spacial score (nSPS) is 12.3. The number of aryl methyl sites for hydroxylation is 2. The van der Waals surface area contributed by atoms with E-state index >= 15 is 0 Å². The van der Waals surface area contributed by atoms with Crippen molar-refractivity contribution >= 4 is 23.0 Å². The molecule has 9 heteroatoms. The first-order chi connectivity index (χ1) is 10.7. The number of aliphatic imine (C=N–C) groups is 1. The summed E-state index contributed by atoms with van der Waals surface area (Å²) in [6, 6.07) is 5.60. The van der Waals surface area contributed by atoms with Crippen molar-refractivity contribution in [2.75, 3.05) is 5.32 Å². The fourth-order valence-corrected chi connectivity index (χ4v) is 2.58. The van der Waals surface area contributed by atoms with Crippen LogP contribution in [0, 0.1) is 13.8 Å². The van der Waals surface area contributed by atoms with Crippen molar-refractivity contribution in [1.29, 1.82) is 0 Å². The number of nitrogens with two attached hydrogens (primary N) is 1. The molecule has 0 fully saturated rings. The Balaban J connectivity index is 2.07. The zero-order valence-electron chi connectivity index (χ0n) is 12.4. The summed E-state index contributed by atoms with van der Waals surface area (Å²) < 4.78 is 41.0. The van der Waals surface area contributed by atoms with Gasteiger partial charge in [-0.15, -0.1) is 24.5 Å². The number of ether oxygens (including phenoxy) is 1. The van der Waals surface area contributed by atoms with Crippen molar-refractivity contribution in [2.24, 2.45) is 10.7 Å². The van der Waals surface area contributed by atoms with E-state index in [1.807, 2.05) is 13.8 Å². The van der Waals surface area contributed by atoms with Gasteiger partial charge in [-0.3, -0.25) is 0 Å². The summed E-state index contributed by atoms with van der Waals surface area (Å²) >= 11 is 1.50. The van der Waals surface area contributed by atoms with Crippen LogP contribution in [0.4, 0.5) is 18.9 Å². The molecule has 5 nitrogen and oxygen atoms in total. The van der Waals surface area contributed by atoms with E-state index in [0.29, 0.717) is 0 Å². The number of benzene rings is 1. The molecule has 0 amide bonds. The number of anilines is 1. The maximum Gasteiger partial charge on any atom is 0.573 e. The Morgan fingerprint density at radius 2 is 2.04 bits per heavy atom. The molecule has 2 aromatic rings. The van der Waals surface area contributed by atoms with Crippen molar-refractivity contribution < 1.29 is 17.9 Å². The largest absolute Gasteiger partial charge is 0.573 e. The number of alkyl halides is 3. The highest BCUT2D eigenvalue weighted by Crippen LogP contribution is 2.29. The van der Waals surface area contributed by atoms with Crippen LogP contribution in [-0.2, 0) is 6.54 Å². The summed E-state index contributed by atoms with van der Waals surface area (Å²) in [7, 11) is 0. The monoisotopic (exact) mass is 344 g/mol. The van der Waals surface area contributed by atoms with Gasteiger partial charge in [0.1, 0.15) is 5.01 Å². The van der Waals surface area contributed by atoms with Gasteiger partial charge in [-0.05, 0) is 26.0 Å². The first kappa shape index (κ1) is 17.1. The van der Waals surface area contributed by atoms with Gasteiger partial charge in [-0.25, -0.2) is 9.98 Å². The molecule has 0 radical (unpaired) electrons. The average Bonchev–Trinajstić information content (AvgIpc) is 2.76. The lowest BCUT2D eigenvalue weighted by molar-refractivity contribution is -0.274. The minimum Gasteiger partial charge on any atom is -0.404 e. The summed E-state index contributed by atoms with van der Waals surface area (Å²) in [5.41, 5.74) is 6.72. The third-order valence-electron chi connectivity index (χ3n) is 2.83. The third-order valence-corrected chi connectivity index (χ3v) is 3.89. The number of aromatic nitrogens is 1. The van der Waals surface area contributed by atoms with E-state index in [1.54, 1.807) is 6.07 Å². The zero-order chi connectivity index (χ0) is 17.0. The minimum atomic E-state index is -4.78. The standard InChI is InChI=1S/C14H15F3N4OS/c1-8-9(2)23-12(20-8)7-19-13(18)21-10-5-3-4-6-11(10)22-14(15,16)17/h3-6H,7H2,1-2H3,(H3,18,19,21). The van der Waals surface area contributed by atoms with E-state index in [1.165, 1.54) is 29.5 Å². The average molecular weight is 344 g/mol. The van der Waals surface area contributed by atoms with Crippen molar-refractivity contribution in [3.8, 4) is 5.75 Å². The summed E-state index contributed by atoms with van der Waals surface area (Å²) in [6.45, 7) is 4.10. The predicted octanol–water partition coefficient (Wildman–Crippen LogP) is 3.59. The first-order valence-electron chi connectivity index (χ1n) is 6.59. The van der Waals surface area contributed by atoms with Gasteiger partial charge in [0.2, 0.25) is 0 Å². The first-order valence-corrected chi connectivity index (χ1v) is 7.41. The fourth-order valence-electron chi connectivity index (χ4n) is 1.72. The molecule has 1 aromatic carbocycles. The van der Waals surface area contributed by atoms with Gasteiger partial charge in [-0.2, -0.15) is 0 Å². The molecular formula is C14H15F3N4OS. The molecule has 23 heavy (non-hydrogen) atoms. The third kappa shape index (κ3) is 5.13. The molecule has 0 spiro atoms. The van der Waals surface area contributed by atoms with Gasteiger partial charge in [0.15, 0.2) is 11.7 Å². The van der Waals surface area contributed by atoms with Gasteiger partial charge in [0, 0.05) is 4.88 Å². The molecule has 0 saturated carbocycles. The lowest BCUT2D eigenvalue weighted by Gasteiger charge is -2.13. The molecule has 1 heterocycles. The number of rotatable bonds is 4. The number of thiazole rings is 1. The highest BCUT2D eigenvalue weighted by Gasteiger charge is 2.32. The number of nitrogens with zero attached hydrogens (tertiary/aromatic N) is 2. The van der Waals surface area contributed by atoms with Crippen molar-refractivity contribution in [3.05, 3.63) is 39.8 Å². The zero-order valence-corrected chi connectivity index (χ0v) is 13.3. The minimum absolute atomic E-state index is 0.0197. The Morgan fingerprint density at radius 1 is 1.35 bits per heavy atom. The van der Waals surface area contributed by atoms with E-state index in [0.717, 1.165) is 15.6 Å². The fraction of sp³-hybridized carbons (Fsp3) is 0.286. The van der Waals surface area contributed by atoms with Gasteiger partial charge in [-0.1, -0.05) is 12.1 Å². The lowest BCUT2D eigenvalue weighted by Crippen LogP contribution is -2.24. The molecule has 0 saturated heterocycles. The topological polar surface area (TPSA) is 72.5 Å². The maximum atomic E-state index is 12.3. The van der Waals surface area contributed by atoms with Crippen LogP contribution in [0.15, 0.2) is 29.3 Å². The Morgan fingerprint density at radius 3 is 2.65 bits per heavy atom. The Bertz CT molecular complexity index is 693. The van der Waals surface area contributed by atoms with E-state index in [9.17, 15) is 13.2 Å². The molecule has 2 rings (SSSR count). The quantitative estimate of drug-likeness (QED) is 0.657. The van der Waals surface area contributed by atoms with Gasteiger partial charge >= 0.3 is 6.36 Å². The number of hydrogen-bond acceptors (Lipinski definition) is 4. The second-order valence-electron chi connectivity index (χ2n) is 4.62. The van der Waals surface area contributed by atoms with Crippen molar-refractivity contribution in [2.45, 2.75) is 26.8 Å². The molecule has 0 bridgehead atoms. The second kappa shape index (κ2) is 6.86. The Hall–Kier alpha value is -2.29. The van der Waals surface area contributed by atoms with Crippen molar-refractivity contribution in [1.82, 2.24) is 4.98 Å². The molecule has 0 aliphatic heterocycles. The van der Waals surface area contributed by atoms with Crippen LogP contribution < -0.4 is 15.8 Å². The van der Waals surface area contributed by atoms with Gasteiger partial charge < -0.3 is 15.8 Å². The SMILES string of the molecule is Cc1nc(CN=C(N)Nc2ccccc2OC(F)(F)F)sc1C. The van der Waals surface area contributed by atoms with E-state index in [2.05, 4.69) is 20.0 Å². The highest BCUT2D eigenvalue weighted by molar-refractivity contribution is 7.11. The molecule has 0 aliphatic rings. The van der Waals surface area contributed by atoms with Crippen LogP contribution in [-0.4, -0.2) is 17.3 Å². The molecule has 1 aromatic heterocycles. The van der Waals surface area contributed by atoms with E-state index < -0.39 is 6.36 Å². The number of para-hydroxylation sites is 2. The van der Waals surface area contributed by atoms with Gasteiger partial charge in [0.25, 0.3) is 0 Å². The predicted molar refractivity (Wildman–Crippen MR) is 83.7 cm³/mol. The van der Waals surface area contributed by atoms with Crippen LogP contribution in [0.2, 0.25) is 0 Å². The molecule has 0 unspecified atom stereocenters. The van der Waals surface area contributed by atoms with E-state index in [-0.39, 0.29) is 23.9 Å². The number of guanidine groups is 1. The van der Waals surface area contributed by atoms with E-state index in [4.69, 9.17) is 5.73 Å². The Labute approximate surface area is 135 Å². The molecular weight excluding hydrogens is 329 g/mol. The lowest BCUT2D eigenvalue weighted by atomic mass is 10.3. The van der Waals surface area contributed by atoms with Crippen LogP contribution in [0.5, 0.6) is 5.75 Å². The number of nitrogens with one attached hydrogen (secondary N) is 1. The molecule has 0 aliphatic carbocycles. The highest BCUT2D eigenvalue weighted by atomic mass is 32.1. The summed E-state index contributed by atoms with van der Waals surface area (Å²) in [5, 5.41) is 3.39. The van der Waals surface area contributed by atoms with Crippen LogP contribution >= 0.6 is 11.3 Å². The number of hydrogen-bond donors (Lipinski definition) is 2. The maximum absolute atomic E-state index is 12.3. The summed E-state index contributed by atoms with van der Waals surface area (Å²) in [5.74, 6) is -0.396. The van der Waals surface area contributed by atoms with Crippen LogP contribution in [0.1, 0.15) is 15.6 Å². The summed E-state index contributed by atoms with van der Waals surface area (Å²) in [4.78, 5) is 9.47. The van der Waals surface area contributed by atoms with Crippen LogP contribution in [0.25, 0.3) is 0 Å². The van der Waals surface area contributed by atoms with Crippen LogP contribution in [0.3, 0.4) is 0 Å². The summed E-state index contributed by atoms with van der Waals surface area (Å²) in [6.07, 6.45) is -4.78.